The first-order valence-electron chi connectivity index (χ1n) is 7.92. The number of hydrogen-bond acceptors (Lipinski definition) is 3. The first-order valence-corrected chi connectivity index (χ1v) is 7.92. The van der Waals surface area contributed by atoms with Crippen molar-refractivity contribution in [1.82, 2.24) is 10.2 Å². The molecule has 1 saturated heterocycles. The van der Waals surface area contributed by atoms with Gasteiger partial charge in [0.25, 0.3) is 0 Å². The zero-order chi connectivity index (χ0) is 14.2. The lowest BCUT2D eigenvalue weighted by atomic mass is 9.98. The van der Waals surface area contributed by atoms with E-state index >= 15 is 0 Å². The highest BCUT2D eigenvalue weighted by Crippen LogP contribution is 2.19. The molecule has 2 fully saturated rings. The van der Waals surface area contributed by atoms with Crippen LogP contribution >= 0.6 is 0 Å². The maximum absolute atomic E-state index is 11.6. The number of ether oxygens (including phenoxy) is 1. The zero-order valence-electron chi connectivity index (χ0n) is 12.2. The lowest BCUT2D eigenvalue weighted by Gasteiger charge is -2.21. The van der Waals surface area contributed by atoms with Gasteiger partial charge in [-0.1, -0.05) is 19.3 Å². The summed E-state index contributed by atoms with van der Waals surface area (Å²) in [5.41, 5.74) is 0. The van der Waals surface area contributed by atoms with Gasteiger partial charge in [-0.3, -0.25) is 9.59 Å². The molecule has 0 atom stereocenters. The molecule has 0 unspecified atom stereocenters. The molecule has 0 aromatic heterocycles. The molecular formula is C15H26N2O3. The summed E-state index contributed by atoms with van der Waals surface area (Å²) in [4.78, 5) is 24.9. The van der Waals surface area contributed by atoms with E-state index in [2.05, 4.69) is 5.32 Å². The van der Waals surface area contributed by atoms with Crippen LogP contribution in [0.5, 0.6) is 0 Å². The molecule has 0 bridgehead atoms. The van der Waals surface area contributed by atoms with E-state index in [1.54, 1.807) is 0 Å². The lowest BCUT2D eigenvalue weighted by molar-refractivity contribution is -0.128. The molecular weight excluding hydrogens is 256 g/mol. The standard InChI is InChI=1S/C15H26N2O3/c18-14(12-20-13-6-2-1-3-7-13)16-9-5-11-17-10-4-8-15(17)19/h13H,1-12H2,(H,16,18). The highest BCUT2D eigenvalue weighted by molar-refractivity contribution is 5.78. The normalized spacial score (nSPS) is 20.4. The van der Waals surface area contributed by atoms with Crippen molar-refractivity contribution in [2.75, 3.05) is 26.2 Å². The second-order valence-electron chi connectivity index (χ2n) is 5.76. The molecule has 5 nitrogen and oxygen atoms in total. The fourth-order valence-corrected chi connectivity index (χ4v) is 2.91. The average molecular weight is 282 g/mol. The highest BCUT2D eigenvalue weighted by atomic mass is 16.5. The highest BCUT2D eigenvalue weighted by Gasteiger charge is 2.19. The van der Waals surface area contributed by atoms with Crippen molar-refractivity contribution < 1.29 is 14.3 Å². The van der Waals surface area contributed by atoms with E-state index < -0.39 is 0 Å². The molecule has 2 aliphatic rings. The van der Waals surface area contributed by atoms with Gasteiger partial charge < -0.3 is 15.0 Å². The van der Waals surface area contributed by atoms with Crippen molar-refractivity contribution in [2.24, 2.45) is 0 Å². The van der Waals surface area contributed by atoms with E-state index in [4.69, 9.17) is 4.74 Å². The molecule has 2 amide bonds. The van der Waals surface area contributed by atoms with Crippen molar-refractivity contribution in [3.63, 3.8) is 0 Å². The summed E-state index contributed by atoms with van der Waals surface area (Å²) < 4.78 is 5.62. The Bertz CT molecular complexity index is 327. The summed E-state index contributed by atoms with van der Waals surface area (Å²) in [5.74, 6) is 0.209. The Balaban J connectivity index is 1.48. The molecule has 1 aliphatic carbocycles. The third-order valence-electron chi connectivity index (χ3n) is 4.10. The number of likely N-dealkylation sites (tertiary alicyclic amines) is 1. The number of carbonyl (C=O) groups is 2. The van der Waals surface area contributed by atoms with Gasteiger partial charge in [0.1, 0.15) is 6.61 Å². The molecule has 2 rings (SSSR count). The number of rotatable bonds is 7. The summed E-state index contributed by atoms with van der Waals surface area (Å²) in [7, 11) is 0. The topological polar surface area (TPSA) is 58.6 Å². The smallest absolute Gasteiger partial charge is 0.246 e. The van der Waals surface area contributed by atoms with Gasteiger partial charge in [-0.05, 0) is 25.7 Å². The molecule has 1 saturated carbocycles. The summed E-state index contributed by atoms with van der Waals surface area (Å²) in [6, 6.07) is 0. The lowest BCUT2D eigenvalue weighted by Crippen LogP contribution is -2.33. The Morgan fingerprint density at radius 3 is 2.75 bits per heavy atom. The molecule has 0 radical (unpaired) electrons. The van der Waals surface area contributed by atoms with Crippen LogP contribution in [0, 0.1) is 0 Å². The van der Waals surface area contributed by atoms with Crippen LogP contribution in [0.1, 0.15) is 51.4 Å². The van der Waals surface area contributed by atoms with Gasteiger partial charge in [-0.15, -0.1) is 0 Å². The molecule has 114 valence electrons. The molecule has 1 aliphatic heterocycles. The largest absolute Gasteiger partial charge is 0.368 e. The summed E-state index contributed by atoms with van der Waals surface area (Å²) in [5, 5.41) is 2.86. The van der Waals surface area contributed by atoms with Crippen LogP contribution in [0.15, 0.2) is 0 Å². The first-order chi connectivity index (χ1) is 9.75. The van der Waals surface area contributed by atoms with Crippen LogP contribution in [0.2, 0.25) is 0 Å². The van der Waals surface area contributed by atoms with E-state index in [1.807, 2.05) is 4.90 Å². The van der Waals surface area contributed by atoms with Gasteiger partial charge in [0.2, 0.25) is 11.8 Å². The molecule has 0 aromatic rings. The first kappa shape index (κ1) is 15.3. The molecule has 1 N–H and O–H groups in total. The van der Waals surface area contributed by atoms with E-state index in [-0.39, 0.29) is 24.5 Å². The van der Waals surface area contributed by atoms with Crippen molar-refractivity contribution in [3.05, 3.63) is 0 Å². The SMILES string of the molecule is O=C(COC1CCCCC1)NCCCN1CCCC1=O. The van der Waals surface area contributed by atoms with Crippen molar-refractivity contribution >= 4 is 11.8 Å². The Labute approximate surface area is 121 Å². The van der Waals surface area contributed by atoms with Gasteiger partial charge in [0.05, 0.1) is 6.10 Å². The minimum absolute atomic E-state index is 0.0386. The minimum atomic E-state index is -0.0386. The van der Waals surface area contributed by atoms with Gasteiger partial charge in [-0.2, -0.15) is 0 Å². The third-order valence-corrected chi connectivity index (χ3v) is 4.10. The minimum Gasteiger partial charge on any atom is -0.368 e. The van der Waals surface area contributed by atoms with Gasteiger partial charge >= 0.3 is 0 Å². The molecule has 1 heterocycles. The predicted molar refractivity (Wildman–Crippen MR) is 76.3 cm³/mol. The summed E-state index contributed by atoms with van der Waals surface area (Å²) >= 11 is 0. The Morgan fingerprint density at radius 1 is 1.25 bits per heavy atom. The fourth-order valence-electron chi connectivity index (χ4n) is 2.91. The summed E-state index contributed by atoms with van der Waals surface area (Å²) in [6.07, 6.45) is 8.65. The zero-order valence-corrected chi connectivity index (χ0v) is 12.2. The predicted octanol–water partition coefficient (Wildman–Crippen LogP) is 1.46. The fraction of sp³-hybridized carbons (Fsp3) is 0.867. The van der Waals surface area contributed by atoms with Crippen molar-refractivity contribution in [2.45, 2.75) is 57.5 Å². The maximum Gasteiger partial charge on any atom is 0.246 e. The molecule has 0 aromatic carbocycles. The maximum atomic E-state index is 11.6. The van der Waals surface area contributed by atoms with Crippen LogP contribution in [0.4, 0.5) is 0 Å². The molecule has 0 spiro atoms. The number of hydrogen-bond donors (Lipinski definition) is 1. The van der Waals surface area contributed by atoms with E-state index in [0.717, 1.165) is 38.8 Å². The van der Waals surface area contributed by atoms with Crippen molar-refractivity contribution in [3.8, 4) is 0 Å². The van der Waals surface area contributed by atoms with Gasteiger partial charge in [0, 0.05) is 26.1 Å². The van der Waals surface area contributed by atoms with E-state index in [0.29, 0.717) is 13.0 Å². The second-order valence-corrected chi connectivity index (χ2v) is 5.76. The van der Waals surface area contributed by atoms with Crippen LogP contribution in [-0.2, 0) is 14.3 Å². The van der Waals surface area contributed by atoms with Crippen LogP contribution in [0.3, 0.4) is 0 Å². The average Bonchev–Trinajstić information content (AvgIpc) is 2.88. The van der Waals surface area contributed by atoms with E-state index in [1.165, 1.54) is 19.3 Å². The van der Waals surface area contributed by atoms with Crippen LogP contribution in [0.25, 0.3) is 0 Å². The number of amides is 2. The van der Waals surface area contributed by atoms with Crippen LogP contribution in [-0.4, -0.2) is 49.1 Å². The van der Waals surface area contributed by atoms with E-state index in [9.17, 15) is 9.59 Å². The number of nitrogens with one attached hydrogen (secondary N) is 1. The summed E-state index contributed by atoms with van der Waals surface area (Å²) in [6.45, 7) is 2.42. The molecule has 20 heavy (non-hydrogen) atoms. The quantitative estimate of drug-likeness (QED) is 0.719. The van der Waals surface area contributed by atoms with Crippen LogP contribution < -0.4 is 5.32 Å². The van der Waals surface area contributed by atoms with Gasteiger partial charge in [-0.25, -0.2) is 0 Å². The monoisotopic (exact) mass is 282 g/mol. The Kier molecular flexibility index (Phi) is 6.30. The Hall–Kier alpha value is -1.10. The number of nitrogens with zero attached hydrogens (tertiary/aromatic N) is 1. The Morgan fingerprint density at radius 2 is 2.05 bits per heavy atom. The molecule has 5 heteroatoms. The van der Waals surface area contributed by atoms with Crippen molar-refractivity contribution in [1.29, 1.82) is 0 Å². The van der Waals surface area contributed by atoms with Gasteiger partial charge in [0.15, 0.2) is 0 Å². The second kappa shape index (κ2) is 8.25. The number of carbonyl (C=O) groups excluding carboxylic acids is 2. The third kappa shape index (κ3) is 5.12.